The first-order valence-electron chi connectivity index (χ1n) is 11.2. The Balaban J connectivity index is 1.33. The van der Waals surface area contributed by atoms with Crippen molar-refractivity contribution in [2.75, 3.05) is 30.4 Å². The van der Waals surface area contributed by atoms with Gasteiger partial charge in [-0.25, -0.2) is 8.42 Å². The summed E-state index contributed by atoms with van der Waals surface area (Å²) >= 11 is 0. The topological polar surface area (TPSA) is 147 Å². The Morgan fingerprint density at radius 2 is 1.73 bits per heavy atom. The summed E-state index contributed by atoms with van der Waals surface area (Å²) in [6.45, 7) is 0.529. The van der Waals surface area contributed by atoms with Crippen LogP contribution in [-0.4, -0.2) is 54.9 Å². The molecule has 0 saturated heterocycles. The number of hydrogen-bond donors (Lipinski definition) is 2. The number of hydrogen-bond acceptors (Lipinski definition) is 9. The molecule has 190 valence electrons. The third kappa shape index (κ3) is 5.30. The van der Waals surface area contributed by atoms with Gasteiger partial charge >= 0.3 is 0 Å². The molecule has 0 bridgehead atoms. The van der Waals surface area contributed by atoms with E-state index in [1.807, 2.05) is 0 Å². The number of sulfonamides is 1. The molecule has 0 spiro atoms. The number of benzene rings is 3. The van der Waals surface area contributed by atoms with Crippen LogP contribution >= 0.6 is 0 Å². The van der Waals surface area contributed by atoms with Gasteiger partial charge in [-0.15, -0.1) is 10.2 Å². The molecule has 3 aromatic carbocycles. The lowest BCUT2D eigenvalue weighted by Gasteiger charge is -2.19. The highest BCUT2D eigenvalue weighted by molar-refractivity contribution is 7.92. The maximum atomic E-state index is 13.1. The third-order valence-electron chi connectivity index (χ3n) is 5.36. The lowest BCUT2D eigenvalue weighted by atomic mass is 10.2. The quantitative estimate of drug-likeness (QED) is 0.356. The number of aromatic nitrogens is 4. The number of fused-ring (bicyclic) bond motifs is 1. The zero-order valence-corrected chi connectivity index (χ0v) is 20.4. The van der Waals surface area contributed by atoms with Gasteiger partial charge in [0, 0.05) is 11.6 Å². The Morgan fingerprint density at radius 3 is 2.54 bits per heavy atom. The minimum atomic E-state index is -3.98. The first-order valence-corrected chi connectivity index (χ1v) is 12.6. The van der Waals surface area contributed by atoms with Gasteiger partial charge in [-0.2, -0.15) is 4.80 Å². The van der Waals surface area contributed by atoms with Crippen molar-refractivity contribution < 1.29 is 27.4 Å². The van der Waals surface area contributed by atoms with Gasteiger partial charge in [0.1, 0.15) is 25.5 Å². The SMILES string of the molecule is COc1ccccc1NC(=O)Cn1nnc(-c2ccccc2NS(=O)(=O)c2ccc3c(c2)OCCO3)n1. The molecule has 1 aromatic heterocycles. The smallest absolute Gasteiger partial charge is 0.262 e. The zero-order chi connectivity index (χ0) is 25.8. The van der Waals surface area contributed by atoms with E-state index in [1.165, 1.54) is 19.2 Å². The van der Waals surface area contributed by atoms with Crippen LogP contribution in [-0.2, 0) is 21.4 Å². The molecule has 0 unspecified atom stereocenters. The maximum absolute atomic E-state index is 13.1. The number of para-hydroxylation sites is 3. The Bertz CT molecular complexity index is 1550. The van der Waals surface area contributed by atoms with Crippen molar-refractivity contribution >= 4 is 27.3 Å². The number of carbonyl (C=O) groups excluding carboxylic acids is 1. The normalized spacial score (nSPS) is 12.6. The summed E-state index contributed by atoms with van der Waals surface area (Å²) in [7, 11) is -2.47. The van der Waals surface area contributed by atoms with Crippen LogP contribution in [0.5, 0.6) is 17.2 Å². The molecule has 0 aliphatic carbocycles. The second-order valence-corrected chi connectivity index (χ2v) is 9.53. The highest BCUT2D eigenvalue weighted by atomic mass is 32.2. The molecule has 0 atom stereocenters. The fraction of sp³-hybridized carbons (Fsp3) is 0.167. The minimum Gasteiger partial charge on any atom is -0.495 e. The molecule has 5 rings (SSSR count). The van der Waals surface area contributed by atoms with E-state index < -0.39 is 10.0 Å². The maximum Gasteiger partial charge on any atom is 0.262 e. The van der Waals surface area contributed by atoms with E-state index in [4.69, 9.17) is 14.2 Å². The molecular weight excluding hydrogens is 500 g/mol. The highest BCUT2D eigenvalue weighted by Crippen LogP contribution is 2.33. The second-order valence-electron chi connectivity index (χ2n) is 7.85. The summed E-state index contributed by atoms with van der Waals surface area (Å²) in [5.41, 5.74) is 1.14. The predicted octanol–water partition coefficient (Wildman–Crippen LogP) is 2.56. The van der Waals surface area contributed by atoms with E-state index >= 15 is 0 Å². The molecule has 2 N–H and O–H groups in total. The molecular formula is C24H22N6O6S. The molecule has 13 heteroatoms. The summed E-state index contributed by atoms with van der Waals surface area (Å²) in [6.07, 6.45) is 0. The molecule has 1 amide bonds. The first kappa shape index (κ1) is 24.1. The monoisotopic (exact) mass is 522 g/mol. The van der Waals surface area contributed by atoms with E-state index in [0.29, 0.717) is 41.7 Å². The molecule has 1 aliphatic heterocycles. The van der Waals surface area contributed by atoms with E-state index in [2.05, 4.69) is 25.4 Å². The fourth-order valence-corrected chi connectivity index (χ4v) is 4.74. The molecule has 0 saturated carbocycles. The van der Waals surface area contributed by atoms with Crippen molar-refractivity contribution in [2.24, 2.45) is 0 Å². The number of nitrogens with one attached hydrogen (secondary N) is 2. The number of carbonyl (C=O) groups is 1. The average Bonchev–Trinajstić information content (AvgIpc) is 3.36. The number of rotatable bonds is 8. The average molecular weight is 523 g/mol. The van der Waals surface area contributed by atoms with Crippen LogP contribution in [0.25, 0.3) is 11.4 Å². The molecule has 1 aliphatic rings. The lowest BCUT2D eigenvalue weighted by Crippen LogP contribution is -2.20. The summed E-state index contributed by atoms with van der Waals surface area (Å²) in [6, 6.07) is 18.0. The molecule has 12 nitrogen and oxygen atoms in total. The Kier molecular flexibility index (Phi) is 6.60. The molecule has 2 heterocycles. The number of amides is 1. The first-order chi connectivity index (χ1) is 17.9. The van der Waals surface area contributed by atoms with Gasteiger partial charge in [0.25, 0.3) is 10.0 Å². The van der Waals surface area contributed by atoms with Crippen LogP contribution < -0.4 is 24.2 Å². The van der Waals surface area contributed by atoms with Gasteiger partial charge in [0.2, 0.25) is 11.7 Å². The van der Waals surface area contributed by atoms with Crippen LogP contribution in [0.3, 0.4) is 0 Å². The van der Waals surface area contributed by atoms with Crippen molar-refractivity contribution in [3.8, 4) is 28.6 Å². The van der Waals surface area contributed by atoms with Gasteiger partial charge in [-0.3, -0.25) is 9.52 Å². The molecule has 4 aromatic rings. The number of nitrogens with zero attached hydrogens (tertiary/aromatic N) is 4. The van der Waals surface area contributed by atoms with Crippen LogP contribution in [0.2, 0.25) is 0 Å². The van der Waals surface area contributed by atoms with E-state index in [9.17, 15) is 13.2 Å². The molecule has 0 radical (unpaired) electrons. The standard InChI is InChI=1S/C24H22N6O6S/c1-34-20-9-5-4-8-19(20)25-23(31)15-30-27-24(26-29-30)17-6-2-3-7-18(17)28-37(32,33)16-10-11-21-22(14-16)36-13-12-35-21/h2-11,14,28H,12-13,15H2,1H3,(H,25,31). The van der Waals surface area contributed by atoms with Crippen molar-refractivity contribution in [2.45, 2.75) is 11.4 Å². The Hall–Kier alpha value is -4.65. The van der Waals surface area contributed by atoms with Crippen LogP contribution in [0.1, 0.15) is 0 Å². The van der Waals surface area contributed by atoms with Crippen molar-refractivity contribution in [1.29, 1.82) is 0 Å². The lowest BCUT2D eigenvalue weighted by molar-refractivity contribution is -0.117. The number of methoxy groups -OCH3 is 1. The second kappa shape index (κ2) is 10.1. The summed E-state index contributed by atoms with van der Waals surface area (Å²) in [5.74, 6) is 1.12. The number of tetrazole rings is 1. The Labute approximate surface area is 212 Å². The Morgan fingerprint density at radius 1 is 1.00 bits per heavy atom. The zero-order valence-electron chi connectivity index (χ0n) is 19.6. The number of ether oxygens (including phenoxy) is 3. The summed E-state index contributed by atoms with van der Waals surface area (Å²) in [4.78, 5) is 13.6. The van der Waals surface area contributed by atoms with E-state index in [1.54, 1.807) is 54.6 Å². The molecule has 0 fully saturated rings. The fourth-order valence-electron chi connectivity index (χ4n) is 3.65. The predicted molar refractivity (Wildman–Crippen MR) is 133 cm³/mol. The molecule has 37 heavy (non-hydrogen) atoms. The van der Waals surface area contributed by atoms with Crippen LogP contribution in [0, 0.1) is 0 Å². The third-order valence-corrected chi connectivity index (χ3v) is 6.72. The van der Waals surface area contributed by atoms with E-state index in [-0.39, 0.29) is 28.9 Å². The van der Waals surface area contributed by atoms with Crippen LogP contribution in [0.15, 0.2) is 71.6 Å². The summed E-state index contributed by atoms with van der Waals surface area (Å²) < 4.78 is 45.0. The van der Waals surface area contributed by atoms with Crippen molar-refractivity contribution in [1.82, 2.24) is 20.2 Å². The number of anilines is 2. The minimum absolute atomic E-state index is 0.0103. The largest absolute Gasteiger partial charge is 0.495 e. The van der Waals surface area contributed by atoms with Gasteiger partial charge in [0.05, 0.1) is 23.4 Å². The van der Waals surface area contributed by atoms with Crippen molar-refractivity contribution in [3.63, 3.8) is 0 Å². The highest BCUT2D eigenvalue weighted by Gasteiger charge is 2.22. The van der Waals surface area contributed by atoms with Crippen molar-refractivity contribution in [3.05, 3.63) is 66.7 Å². The van der Waals surface area contributed by atoms with Crippen LogP contribution in [0.4, 0.5) is 11.4 Å². The summed E-state index contributed by atoms with van der Waals surface area (Å²) in [5, 5.41) is 14.9. The van der Waals surface area contributed by atoms with Gasteiger partial charge in [-0.05, 0) is 41.6 Å². The van der Waals surface area contributed by atoms with E-state index in [0.717, 1.165) is 4.80 Å². The van der Waals surface area contributed by atoms with Gasteiger partial charge in [-0.1, -0.05) is 24.3 Å². The van der Waals surface area contributed by atoms with Gasteiger partial charge < -0.3 is 19.5 Å². The van der Waals surface area contributed by atoms with Gasteiger partial charge in [0.15, 0.2) is 11.5 Å².